The van der Waals surface area contributed by atoms with Gasteiger partial charge < -0.3 is 5.11 Å². The summed E-state index contributed by atoms with van der Waals surface area (Å²) in [5.41, 5.74) is 1.36. The van der Waals surface area contributed by atoms with Crippen LogP contribution in [-0.2, 0) is 11.2 Å². The van der Waals surface area contributed by atoms with Crippen LogP contribution in [0.4, 0.5) is 0 Å². The number of aryl methyl sites for hydroxylation is 1. The molecule has 1 radical (unpaired) electrons. The van der Waals surface area contributed by atoms with Crippen LogP contribution in [-0.4, -0.2) is 11.1 Å². The maximum Gasteiger partial charge on any atom is 0.307 e. The highest BCUT2D eigenvalue weighted by atomic mass is 16.4. The molecule has 0 saturated carbocycles. The predicted molar refractivity (Wildman–Crippen MR) is 60.5 cm³/mol. The Balaban J connectivity index is 2.00. The average Bonchev–Trinajstić information content (AvgIpc) is 2.24. The van der Waals surface area contributed by atoms with Crippen LogP contribution in [0.3, 0.4) is 0 Å². The van der Waals surface area contributed by atoms with Gasteiger partial charge in [-0.3, -0.25) is 4.79 Å². The minimum atomic E-state index is -0.807. The third-order valence-electron chi connectivity index (χ3n) is 2.33. The summed E-state index contributed by atoms with van der Waals surface area (Å²) in [6, 6.07) is 10.4. The van der Waals surface area contributed by atoms with Crippen molar-refractivity contribution in [3.8, 4) is 0 Å². The van der Waals surface area contributed by atoms with E-state index in [1.807, 2.05) is 18.2 Å². The van der Waals surface area contributed by atoms with E-state index in [9.17, 15) is 4.79 Å². The number of hydrogen-bond donors (Lipinski definition) is 1. The molecular weight excluding hydrogens is 188 g/mol. The molecule has 0 aromatic heterocycles. The van der Waals surface area contributed by atoms with Crippen molar-refractivity contribution in [2.75, 3.05) is 0 Å². The summed E-state index contributed by atoms with van der Waals surface area (Å²) in [5.74, 6) is -0.807. The van der Waals surface area contributed by atoms with Gasteiger partial charge in [0.25, 0.3) is 0 Å². The monoisotopic (exact) mass is 205 g/mol. The van der Waals surface area contributed by atoms with Crippen LogP contribution in [0.15, 0.2) is 30.3 Å². The number of carboxylic acids is 1. The summed E-state index contributed by atoms with van der Waals surface area (Å²) in [5, 5.41) is 8.39. The molecule has 0 unspecified atom stereocenters. The molecule has 0 amide bonds. The first-order valence-electron chi connectivity index (χ1n) is 5.39. The Kier molecular flexibility index (Phi) is 5.52. The second kappa shape index (κ2) is 7.04. The van der Waals surface area contributed by atoms with E-state index in [1.54, 1.807) is 0 Å². The van der Waals surface area contributed by atoms with Crippen LogP contribution in [0.5, 0.6) is 0 Å². The Morgan fingerprint density at radius 2 is 1.87 bits per heavy atom. The zero-order chi connectivity index (χ0) is 10.9. The van der Waals surface area contributed by atoms with Gasteiger partial charge in [-0.2, -0.15) is 0 Å². The first-order valence-corrected chi connectivity index (χ1v) is 5.39. The van der Waals surface area contributed by atoms with E-state index in [2.05, 4.69) is 12.1 Å². The quantitative estimate of drug-likeness (QED) is 0.694. The van der Waals surface area contributed by atoms with E-state index in [0.29, 0.717) is 6.42 Å². The van der Waals surface area contributed by atoms with Gasteiger partial charge in [-0.05, 0) is 24.8 Å². The molecule has 1 N–H and O–H groups in total. The lowest BCUT2D eigenvalue weighted by Gasteiger charge is -2.00. The van der Waals surface area contributed by atoms with Crippen LogP contribution in [0.25, 0.3) is 0 Å². The molecule has 0 bridgehead atoms. The fourth-order valence-corrected chi connectivity index (χ4v) is 1.52. The standard InChI is InChI=1S/C13H17O2/c14-13(15)11-7-2-1-4-8-12-9-5-3-6-10-12/h3,5-6,9-11H,1-2,4,7-8H2,(H,14,15). The van der Waals surface area contributed by atoms with E-state index >= 15 is 0 Å². The van der Waals surface area contributed by atoms with Gasteiger partial charge in [-0.1, -0.05) is 43.2 Å². The van der Waals surface area contributed by atoms with Gasteiger partial charge in [-0.15, -0.1) is 0 Å². The van der Waals surface area contributed by atoms with Crippen molar-refractivity contribution in [2.45, 2.75) is 32.1 Å². The largest absolute Gasteiger partial charge is 0.481 e. The van der Waals surface area contributed by atoms with Gasteiger partial charge in [0.2, 0.25) is 0 Å². The van der Waals surface area contributed by atoms with Crippen molar-refractivity contribution in [3.63, 3.8) is 0 Å². The molecule has 1 aromatic rings. The Morgan fingerprint density at radius 3 is 2.53 bits per heavy atom. The third kappa shape index (κ3) is 5.89. The van der Waals surface area contributed by atoms with Gasteiger partial charge in [-0.25, -0.2) is 0 Å². The van der Waals surface area contributed by atoms with Crippen molar-refractivity contribution in [3.05, 3.63) is 42.3 Å². The molecule has 1 rings (SSSR count). The lowest BCUT2D eigenvalue weighted by atomic mass is 10.1. The molecule has 2 nitrogen and oxygen atoms in total. The Bertz CT molecular complexity index is 280. The number of hydrogen-bond acceptors (Lipinski definition) is 1. The number of carbonyl (C=O) groups is 1. The molecule has 0 saturated heterocycles. The molecular formula is C13H17O2. The number of carboxylic acid groups (broad SMARTS) is 1. The Morgan fingerprint density at radius 1 is 1.13 bits per heavy atom. The molecule has 0 aliphatic carbocycles. The molecule has 0 atom stereocenters. The molecule has 0 heterocycles. The van der Waals surface area contributed by atoms with Crippen LogP contribution >= 0.6 is 0 Å². The lowest BCUT2D eigenvalue weighted by Crippen LogP contribution is -1.95. The van der Waals surface area contributed by atoms with Crippen molar-refractivity contribution in [2.24, 2.45) is 0 Å². The first kappa shape index (κ1) is 11.8. The molecule has 15 heavy (non-hydrogen) atoms. The number of aliphatic carboxylic acids is 1. The van der Waals surface area contributed by atoms with E-state index in [1.165, 1.54) is 12.0 Å². The van der Waals surface area contributed by atoms with Crippen LogP contribution in [0.1, 0.15) is 31.2 Å². The number of rotatable bonds is 7. The second-order valence-corrected chi connectivity index (χ2v) is 3.63. The number of unbranched alkanes of at least 4 members (excludes halogenated alkanes) is 3. The van der Waals surface area contributed by atoms with Crippen molar-refractivity contribution in [1.82, 2.24) is 0 Å². The zero-order valence-electron chi connectivity index (χ0n) is 8.86. The number of benzene rings is 1. The maximum absolute atomic E-state index is 10.2. The SMILES string of the molecule is O=C(O)[CH]CCCCCc1ccccc1. The summed E-state index contributed by atoms with van der Waals surface area (Å²) in [6.45, 7) is 0. The second-order valence-electron chi connectivity index (χ2n) is 3.63. The molecule has 2 heteroatoms. The normalized spacial score (nSPS) is 10.1. The lowest BCUT2D eigenvalue weighted by molar-refractivity contribution is -0.133. The van der Waals surface area contributed by atoms with Gasteiger partial charge in [0.15, 0.2) is 0 Å². The fraction of sp³-hybridized carbons (Fsp3) is 0.385. The van der Waals surface area contributed by atoms with Gasteiger partial charge in [0.05, 0.1) is 6.42 Å². The first-order chi connectivity index (χ1) is 7.29. The average molecular weight is 205 g/mol. The molecule has 1 aromatic carbocycles. The predicted octanol–water partition coefficient (Wildman–Crippen LogP) is 3.08. The molecule has 81 valence electrons. The molecule has 0 aliphatic rings. The Labute approximate surface area is 90.9 Å². The van der Waals surface area contributed by atoms with Gasteiger partial charge >= 0.3 is 5.97 Å². The topological polar surface area (TPSA) is 37.3 Å². The maximum atomic E-state index is 10.2. The molecule has 0 spiro atoms. The van der Waals surface area contributed by atoms with E-state index in [-0.39, 0.29) is 0 Å². The minimum Gasteiger partial charge on any atom is -0.481 e. The zero-order valence-corrected chi connectivity index (χ0v) is 8.86. The van der Waals surface area contributed by atoms with Crippen LogP contribution < -0.4 is 0 Å². The highest BCUT2D eigenvalue weighted by Crippen LogP contribution is 2.08. The van der Waals surface area contributed by atoms with Crippen molar-refractivity contribution in [1.29, 1.82) is 0 Å². The molecule has 0 fully saturated rings. The summed E-state index contributed by atoms with van der Waals surface area (Å²) >= 11 is 0. The third-order valence-corrected chi connectivity index (χ3v) is 2.33. The van der Waals surface area contributed by atoms with Crippen molar-refractivity contribution < 1.29 is 9.90 Å². The van der Waals surface area contributed by atoms with E-state index in [0.717, 1.165) is 25.7 Å². The van der Waals surface area contributed by atoms with Gasteiger partial charge in [0, 0.05) is 0 Å². The van der Waals surface area contributed by atoms with Gasteiger partial charge in [0.1, 0.15) is 0 Å². The summed E-state index contributed by atoms with van der Waals surface area (Å²) in [4.78, 5) is 10.2. The minimum absolute atomic E-state index is 0.685. The summed E-state index contributed by atoms with van der Waals surface area (Å²) in [6.07, 6.45) is 6.32. The fourth-order valence-electron chi connectivity index (χ4n) is 1.52. The smallest absolute Gasteiger partial charge is 0.307 e. The van der Waals surface area contributed by atoms with E-state index in [4.69, 9.17) is 5.11 Å². The molecule has 0 aliphatic heterocycles. The summed E-state index contributed by atoms with van der Waals surface area (Å²) in [7, 11) is 0. The Hall–Kier alpha value is -1.31. The van der Waals surface area contributed by atoms with Crippen LogP contribution in [0.2, 0.25) is 0 Å². The van der Waals surface area contributed by atoms with Crippen molar-refractivity contribution >= 4 is 5.97 Å². The highest BCUT2D eigenvalue weighted by molar-refractivity contribution is 5.76. The summed E-state index contributed by atoms with van der Waals surface area (Å²) < 4.78 is 0. The van der Waals surface area contributed by atoms with E-state index < -0.39 is 5.97 Å². The highest BCUT2D eigenvalue weighted by Gasteiger charge is 1.97. The van der Waals surface area contributed by atoms with Crippen LogP contribution in [0, 0.1) is 6.42 Å².